The van der Waals surface area contributed by atoms with Gasteiger partial charge in [0.15, 0.2) is 0 Å². The minimum absolute atomic E-state index is 0.177. The fourth-order valence-corrected chi connectivity index (χ4v) is 3.45. The lowest BCUT2D eigenvalue weighted by Gasteiger charge is -2.30. The van der Waals surface area contributed by atoms with Gasteiger partial charge in [-0.25, -0.2) is 0 Å². The third kappa shape index (κ3) is 3.87. The van der Waals surface area contributed by atoms with Crippen LogP contribution in [0.15, 0.2) is 18.2 Å². The predicted molar refractivity (Wildman–Crippen MR) is 99.2 cm³/mol. The van der Waals surface area contributed by atoms with Crippen LogP contribution in [0.5, 0.6) is 0 Å². The number of hydrogen-bond donors (Lipinski definition) is 1. The number of anilines is 2. The van der Waals surface area contributed by atoms with Crippen LogP contribution in [0, 0.1) is 12.8 Å². The Morgan fingerprint density at radius 3 is 2.84 bits per heavy atom. The summed E-state index contributed by atoms with van der Waals surface area (Å²) in [5.74, 6) is 0.528. The number of benzene rings is 1. The maximum Gasteiger partial charge on any atom is 0.269 e. The number of nitrogens with zero attached hydrogens (tertiary/aromatic N) is 3. The highest BCUT2D eigenvalue weighted by Crippen LogP contribution is 2.31. The molecule has 1 aliphatic heterocycles. The molecule has 0 bridgehead atoms. The van der Waals surface area contributed by atoms with Crippen LogP contribution in [-0.4, -0.2) is 27.9 Å². The minimum Gasteiger partial charge on any atom is -0.321 e. The average Bonchev–Trinajstić information content (AvgIpc) is 3.00. The molecule has 0 saturated heterocycles. The fourth-order valence-electron chi connectivity index (χ4n) is 2.90. The Hall–Kier alpha value is -2.28. The van der Waals surface area contributed by atoms with Crippen molar-refractivity contribution in [1.29, 1.82) is 0 Å². The smallest absolute Gasteiger partial charge is 0.269 e. The lowest BCUT2D eigenvalue weighted by molar-refractivity contribution is -0.118. The van der Waals surface area contributed by atoms with Gasteiger partial charge in [0.25, 0.3) is 5.91 Å². The molecule has 0 spiro atoms. The largest absolute Gasteiger partial charge is 0.321 e. The molecule has 2 aromatic rings. The molecule has 1 aromatic heterocycles. The van der Waals surface area contributed by atoms with Crippen LogP contribution in [0.1, 0.15) is 47.6 Å². The summed E-state index contributed by atoms with van der Waals surface area (Å²) in [5.41, 5.74) is 3.42. The van der Waals surface area contributed by atoms with Gasteiger partial charge in [-0.05, 0) is 61.0 Å². The third-order valence-electron chi connectivity index (χ3n) is 4.33. The van der Waals surface area contributed by atoms with E-state index in [1.807, 2.05) is 23.1 Å². The molecule has 0 aliphatic carbocycles. The van der Waals surface area contributed by atoms with E-state index in [4.69, 9.17) is 0 Å². The van der Waals surface area contributed by atoms with E-state index in [9.17, 15) is 9.59 Å². The normalized spacial score (nSPS) is 13.9. The lowest BCUT2D eigenvalue weighted by Crippen LogP contribution is -2.36. The first-order chi connectivity index (χ1) is 12.0. The van der Waals surface area contributed by atoms with Crippen molar-refractivity contribution >= 4 is 34.7 Å². The molecule has 0 radical (unpaired) electrons. The summed E-state index contributed by atoms with van der Waals surface area (Å²) in [7, 11) is 0. The zero-order valence-electron chi connectivity index (χ0n) is 14.7. The summed E-state index contributed by atoms with van der Waals surface area (Å²) in [4.78, 5) is 27.0. The van der Waals surface area contributed by atoms with E-state index in [1.165, 1.54) is 0 Å². The lowest BCUT2D eigenvalue weighted by atomic mass is 9.99. The highest BCUT2D eigenvalue weighted by atomic mass is 32.1. The zero-order valence-corrected chi connectivity index (χ0v) is 15.5. The Morgan fingerprint density at radius 1 is 1.36 bits per heavy atom. The van der Waals surface area contributed by atoms with Gasteiger partial charge < -0.3 is 10.2 Å². The predicted octanol–water partition coefficient (Wildman–Crippen LogP) is 3.42. The van der Waals surface area contributed by atoms with E-state index in [1.54, 1.807) is 6.92 Å². The number of nitrogens with one attached hydrogen (secondary N) is 1. The number of hydrogen-bond acceptors (Lipinski definition) is 5. The number of aryl methyl sites for hydroxylation is 2. The first kappa shape index (κ1) is 17.5. The standard InChI is InChI=1S/C18H22N4O2S/c1-11(2)8-9-22-15-6-5-14(10-13(15)4-7-16(22)23)19-18(24)17-12(3)20-21-25-17/h5-6,10-11H,4,7-9H2,1-3H3,(H,19,24). The first-order valence-electron chi connectivity index (χ1n) is 8.49. The Bertz CT molecular complexity index is 800. The van der Waals surface area contributed by atoms with Gasteiger partial charge in [0.2, 0.25) is 5.91 Å². The zero-order chi connectivity index (χ0) is 18.0. The molecule has 6 nitrogen and oxygen atoms in total. The van der Waals surface area contributed by atoms with E-state index >= 15 is 0 Å². The quantitative estimate of drug-likeness (QED) is 0.888. The van der Waals surface area contributed by atoms with E-state index in [-0.39, 0.29) is 11.8 Å². The molecular weight excluding hydrogens is 336 g/mol. The molecule has 1 aromatic carbocycles. The maximum atomic E-state index is 12.3. The van der Waals surface area contributed by atoms with Crippen LogP contribution in [0.3, 0.4) is 0 Å². The summed E-state index contributed by atoms with van der Waals surface area (Å²) in [5, 5.41) is 6.77. The van der Waals surface area contributed by atoms with Crippen LogP contribution in [-0.2, 0) is 11.2 Å². The summed E-state index contributed by atoms with van der Waals surface area (Å²) in [6.45, 7) is 6.82. The molecule has 2 amide bonds. The van der Waals surface area contributed by atoms with Gasteiger partial charge in [-0.1, -0.05) is 18.3 Å². The number of aromatic nitrogens is 2. The van der Waals surface area contributed by atoms with Gasteiger partial charge in [0.05, 0.1) is 5.69 Å². The van der Waals surface area contributed by atoms with Crippen molar-refractivity contribution in [3.8, 4) is 0 Å². The van der Waals surface area contributed by atoms with E-state index in [2.05, 4.69) is 28.8 Å². The van der Waals surface area contributed by atoms with Crippen LogP contribution in [0.25, 0.3) is 0 Å². The molecule has 25 heavy (non-hydrogen) atoms. The molecule has 1 aliphatic rings. The summed E-state index contributed by atoms with van der Waals surface area (Å²) < 4.78 is 3.79. The van der Waals surface area contributed by atoms with Gasteiger partial charge >= 0.3 is 0 Å². The molecule has 2 heterocycles. The fraction of sp³-hybridized carbons (Fsp3) is 0.444. The van der Waals surface area contributed by atoms with Crippen molar-refractivity contribution in [1.82, 2.24) is 9.59 Å². The second-order valence-corrected chi connectivity index (χ2v) is 7.47. The molecular formula is C18H22N4O2S. The highest BCUT2D eigenvalue weighted by Gasteiger charge is 2.24. The van der Waals surface area contributed by atoms with Crippen molar-refractivity contribution in [2.75, 3.05) is 16.8 Å². The SMILES string of the molecule is Cc1nnsc1C(=O)Nc1ccc2c(c1)CCC(=O)N2CCC(C)C. The molecule has 132 valence electrons. The monoisotopic (exact) mass is 358 g/mol. The first-order valence-corrected chi connectivity index (χ1v) is 9.26. The Kier molecular flexibility index (Phi) is 5.13. The van der Waals surface area contributed by atoms with Crippen molar-refractivity contribution in [2.45, 2.75) is 40.0 Å². The second-order valence-electron chi connectivity index (χ2n) is 6.71. The van der Waals surface area contributed by atoms with E-state index < -0.39 is 0 Å². The topological polar surface area (TPSA) is 75.2 Å². The van der Waals surface area contributed by atoms with Crippen LogP contribution < -0.4 is 10.2 Å². The van der Waals surface area contributed by atoms with E-state index in [0.29, 0.717) is 29.3 Å². The Labute approximate surface area is 151 Å². The Balaban J connectivity index is 1.78. The molecule has 3 rings (SSSR count). The maximum absolute atomic E-state index is 12.3. The van der Waals surface area contributed by atoms with Crippen LogP contribution in [0.4, 0.5) is 11.4 Å². The molecule has 0 unspecified atom stereocenters. The summed E-state index contributed by atoms with van der Waals surface area (Å²) in [6, 6.07) is 5.74. The number of fused-ring (bicyclic) bond motifs is 1. The van der Waals surface area contributed by atoms with Crippen molar-refractivity contribution in [3.05, 3.63) is 34.3 Å². The molecule has 7 heteroatoms. The van der Waals surface area contributed by atoms with Gasteiger partial charge in [0, 0.05) is 24.3 Å². The average molecular weight is 358 g/mol. The molecule has 0 fully saturated rings. The number of amides is 2. The van der Waals surface area contributed by atoms with E-state index in [0.717, 1.165) is 41.4 Å². The molecule has 0 saturated carbocycles. The van der Waals surface area contributed by atoms with Crippen LogP contribution in [0.2, 0.25) is 0 Å². The van der Waals surface area contributed by atoms with Gasteiger partial charge in [0.1, 0.15) is 4.88 Å². The summed E-state index contributed by atoms with van der Waals surface area (Å²) in [6.07, 6.45) is 2.19. The van der Waals surface area contributed by atoms with Crippen molar-refractivity contribution in [2.24, 2.45) is 5.92 Å². The highest BCUT2D eigenvalue weighted by molar-refractivity contribution is 7.08. The van der Waals surface area contributed by atoms with Gasteiger partial charge in [-0.2, -0.15) is 0 Å². The van der Waals surface area contributed by atoms with Gasteiger partial charge in [-0.3, -0.25) is 9.59 Å². The third-order valence-corrected chi connectivity index (χ3v) is 5.15. The second kappa shape index (κ2) is 7.31. The number of carbonyl (C=O) groups excluding carboxylic acids is 2. The molecule has 1 N–H and O–H groups in total. The van der Waals surface area contributed by atoms with Gasteiger partial charge in [-0.15, -0.1) is 5.10 Å². The number of rotatable bonds is 5. The van der Waals surface area contributed by atoms with Crippen molar-refractivity contribution in [3.63, 3.8) is 0 Å². The Morgan fingerprint density at radius 2 is 2.16 bits per heavy atom. The van der Waals surface area contributed by atoms with Crippen molar-refractivity contribution < 1.29 is 9.59 Å². The van der Waals surface area contributed by atoms with Crippen LogP contribution >= 0.6 is 11.5 Å². The minimum atomic E-state index is -0.198. The number of carbonyl (C=O) groups is 2. The molecule has 0 atom stereocenters. The summed E-state index contributed by atoms with van der Waals surface area (Å²) >= 11 is 1.09.